The summed E-state index contributed by atoms with van der Waals surface area (Å²) in [5.41, 5.74) is 1.22. The lowest BCUT2D eigenvalue weighted by atomic mass is 9.99. The average molecular weight is 294 g/mol. The fourth-order valence-electron chi connectivity index (χ4n) is 2.06. The molecule has 1 aliphatic heterocycles. The zero-order valence-corrected chi connectivity index (χ0v) is 11.7. The van der Waals surface area contributed by atoms with Crippen LogP contribution in [0.5, 0.6) is 0 Å². The third-order valence-corrected chi connectivity index (χ3v) is 3.37. The van der Waals surface area contributed by atoms with Crippen LogP contribution in [-0.2, 0) is 9.53 Å². The molecule has 106 valence electrons. The van der Waals surface area contributed by atoms with Crippen LogP contribution in [0.4, 0.5) is 5.69 Å². The van der Waals surface area contributed by atoms with Gasteiger partial charge in [-0.3, -0.25) is 4.79 Å². The predicted molar refractivity (Wildman–Crippen MR) is 77.6 cm³/mol. The molecule has 20 heavy (non-hydrogen) atoms. The summed E-state index contributed by atoms with van der Waals surface area (Å²) in [6.07, 6.45) is 1.47. The minimum Gasteiger partial charge on any atom is -0.384 e. The van der Waals surface area contributed by atoms with E-state index >= 15 is 0 Å². The predicted octanol–water partition coefficient (Wildman–Crippen LogP) is 2.05. The van der Waals surface area contributed by atoms with Gasteiger partial charge in [-0.1, -0.05) is 23.4 Å². The molecule has 0 unspecified atom stereocenters. The minimum absolute atomic E-state index is 0.0253. The Labute approximate surface area is 123 Å². The molecule has 1 aliphatic rings. The Bertz CT molecular complexity index is 542. The lowest BCUT2D eigenvalue weighted by Gasteiger charge is -2.21. The Morgan fingerprint density at radius 2 is 2.20 bits per heavy atom. The lowest BCUT2D eigenvalue weighted by Crippen LogP contribution is -2.28. The molecule has 0 saturated carbocycles. The van der Waals surface area contributed by atoms with Crippen molar-refractivity contribution >= 4 is 23.2 Å². The van der Waals surface area contributed by atoms with Gasteiger partial charge in [0.1, 0.15) is 6.61 Å². The highest BCUT2D eigenvalue weighted by Crippen LogP contribution is 2.22. The third kappa shape index (κ3) is 3.97. The molecule has 1 aromatic carbocycles. The van der Waals surface area contributed by atoms with Crippen LogP contribution in [0, 0.1) is 17.8 Å². The van der Waals surface area contributed by atoms with Crippen molar-refractivity contribution in [3.05, 3.63) is 28.8 Å². The molecule has 0 radical (unpaired) electrons. The van der Waals surface area contributed by atoms with Crippen LogP contribution in [0.1, 0.15) is 18.4 Å². The molecule has 0 spiro atoms. The standard InChI is InChI=1S/C15H16ClNO3/c16-13-3-4-14(12(10-13)2-1-7-18)17-15(19)11-5-8-20-9-6-11/h3-4,10-11,18H,5-9H2,(H,17,19). The fourth-order valence-corrected chi connectivity index (χ4v) is 2.23. The number of carbonyl (C=O) groups excluding carboxylic acids is 1. The van der Waals surface area contributed by atoms with Gasteiger partial charge in [-0.25, -0.2) is 0 Å². The van der Waals surface area contributed by atoms with Crippen molar-refractivity contribution < 1.29 is 14.6 Å². The summed E-state index contributed by atoms with van der Waals surface area (Å²) in [5, 5.41) is 12.2. The van der Waals surface area contributed by atoms with Gasteiger partial charge in [-0.05, 0) is 31.0 Å². The van der Waals surface area contributed by atoms with Gasteiger partial charge in [0.05, 0.1) is 5.69 Å². The zero-order valence-electron chi connectivity index (χ0n) is 11.0. The van der Waals surface area contributed by atoms with Crippen molar-refractivity contribution in [1.29, 1.82) is 0 Å². The van der Waals surface area contributed by atoms with E-state index in [1.54, 1.807) is 18.2 Å². The van der Waals surface area contributed by atoms with Gasteiger partial charge in [0.15, 0.2) is 0 Å². The summed E-state index contributed by atoms with van der Waals surface area (Å²) in [6, 6.07) is 5.09. The van der Waals surface area contributed by atoms with Gasteiger partial charge in [0.25, 0.3) is 0 Å². The minimum atomic E-state index is -0.236. The van der Waals surface area contributed by atoms with E-state index in [4.69, 9.17) is 21.4 Å². The Morgan fingerprint density at radius 1 is 1.45 bits per heavy atom. The van der Waals surface area contributed by atoms with Gasteiger partial charge in [0, 0.05) is 29.7 Å². The maximum Gasteiger partial charge on any atom is 0.227 e. The number of aliphatic hydroxyl groups excluding tert-OH is 1. The Kier molecular flexibility index (Phi) is 5.42. The number of ether oxygens (including phenoxy) is 1. The number of carbonyl (C=O) groups is 1. The van der Waals surface area contributed by atoms with Gasteiger partial charge < -0.3 is 15.2 Å². The van der Waals surface area contributed by atoms with Gasteiger partial charge in [-0.2, -0.15) is 0 Å². The summed E-state index contributed by atoms with van der Waals surface area (Å²) in [5.74, 6) is 5.29. The smallest absolute Gasteiger partial charge is 0.227 e. The van der Waals surface area contributed by atoms with Gasteiger partial charge in [0.2, 0.25) is 5.91 Å². The molecule has 4 nitrogen and oxygen atoms in total. The molecule has 1 heterocycles. The summed E-state index contributed by atoms with van der Waals surface area (Å²) < 4.78 is 5.25. The van der Waals surface area contributed by atoms with E-state index < -0.39 is 0 Å². The van der Waals surface area contributed by atoms with Crippen molar-refractivity contribution in [3.63, 3.8) is 0 Å². The van der Waals surface area contributed by atoms with Crippen LogP contribution in [0.25, 0.3) is 0 Å². The molecular formula is C15H16ClNO3. The number of halogens is 1. The van der Waals surface area contributed by atoms with Crippen molar-refractivity contribution in [3.8, 4) is 11.8 Å². The number of rotatable bonds is 2. The molecule has 0 aliphatic carbocycles. The lowest BCUT2D eigenvalue weighted by molar-refractivity contribution is -0.122. The summed E-state index contributed by atoms with van der Waals surface area (Å²) in [4.78, 5) is 12.2. The number of hydrogen-bond donors (Lipinski definition) is 2. The number of nitrogens with one attached hydrogen (secondary N) is 1. The Balaban J connectivity index is 2.13. The number of amides is 1. The SMILES string of the molecule is O=C(Nc1ccc(Cl)cc1C#CCO)C1CCOCC1. The highest BCUT2D eigenvalue weighted by Gasteiger charge is 2.22. The van der Waals surface area contributed by atoms with Crippen molar-refractivity contribution in [2.24, 2.45) is 5.92 Å². The monoisotopic (exact) mass is 293 g/mol. The fraction of sp³-hybridized carbons (Fsp3) is 0.400. The van der Waals surface area contributed by atoms with Crippen LogP contribution in [-0.4, -0.2) is 30.8 Å². The highest BCUT2D eigenvalue weighted by molar-refractivity contribution is 6.30. The number of hydrogen-bond acceptors (Lipinski definition) is 3. The van der Waals surface area contributed by atoms with Crippen LogP contribution in [0.15, 0.2) is 18.2 Å². The molecule has 1 saturated heterocycles. The van der Waals surface area contributed by atoms with Gasteiger partial charge >= 0.3 is 0 Å². The van der Waals surface area contributed by atoms with E-state index in [0.29, 0.717) is 29.5 Å². The van der Waals surface area contributed by atoms with Crippen LogP contribution < -0.4 is 5.32 Å². The summed E-state index contributed by atoms with van der Waals surface area (Å²) in [7, 11) is 0. The first-order valence-corrected chi connectivity index (χ1v) is 6.86. The number of aliphatic hydroxyl groups is 1. The van der Waals surface area contributed by atoms with E-state index in [0.717, 1.165) is 12.8 Å². The quantitative estimate of drug-likeness (QED) is 0.821. The largest absolute Gasteiger partial charge is 0.384 e. The Morgan fingerprint density at radius 3 is 2.90 bits per heavy atom. The topological polar surface area (TPSA) is 58.6 Å². The molecule has 1 fully saturated rings. The van der Waals surface area contributed by atoms with E-state index in [1.807, 2.05) is 0 Å². The second-order valence-electron chi connectivity index (χ2n) is 4.53. The molecular weight excluding hydrogens is 278 g/mol. The third-order valence-electron chi connectivity index (χ3n) is 3.13. The van der Waals surface area contributed by atoms with Crippen molar-refractivity contribution in [1.82, 2.24) is 0 Å². The second-order valence-corrected chi connectivity index (χ2v) is 4.96. The van der Waals surface area contributed by atoms with Crippen molar-refractivity contribution in [2.75, 3.05) is 25.1 Å². The molecule has 2 rings (SSSR count). The summed E-state index contributed by atoms with van der Waals surface area (Å²) in [6.45, 7) is 1.01. The maximum atomic E-state index is 12.2. The highest BCUT2D eigenvalue weighted by atomic mass is 35.5. The van der Waals surface area contributed by atoms with Crippen LogP contribution in [0.3, 0.4) is 0 Å². The normalized spacial score (nSPS) is 15.3. The molecule has 1 amide bonds. The average Bonchev–Trinajstić information content (AvgIpc) is 2.48. The number of benzene rings is 1. The first kappa shape index (κ1) is 14.9. The van der Waals surface area contributed by atoms with Gasteiger partial charge in [-0.15, -0.1) is 0 Å². The van der Waals surface area contributed by atoms with E-state index in [-0.39, 0.29) is 18.4 Å². The van der Waals surface area contributed by atoms with Crippen LogP contribution in [0.2, 0.25) is 5.02 Å². The summed E-state index contributed by atoms with van der Waals surface area (Å²) >= 11 is 5.92. The van der Waals surface area contributed by atoms with Crippen LogP contribution >= 0.6 is 11.6 Å². The molecule has 0 atom stereocenters. The zero-order chi connectivity index (χ0) is 14.4. The Hall–Kier alpha value is -1.54. The molecule has 1 aromatic rings. The molecule has 2 N–H and O–H groups in total. The molecule has 0 aromatic heterocycles. The van der Waals surface area contributed by atoms with E-state index in [9.17, 15) is 4.79 Å². The van der Waals surface area contributed by atoms with E-state index in [1.165, 1.54) is 0 Å². The van der Waals surface area contributed by atoms with Crippen molar-refractivity contribution in [2.45, 2.75) is 12.8 Å². The first-order valence-electron chi connectivity index (χ1n) is 6.48. The first-order chi connectivity index (χ1) is 9.70. The molecule has 0 bridgehead atoms. The maximum absolute atomic E-state index is 12.2. The number of anilines is 1. The second kappa shape index (κ2) is 7.30. The van der Waals surface area contributed by atoms with E-state index in [2.05, 4.69) is 17.2 Å². The molecule has 5 heteroatoms.